The van der Waals surface area contributed by atoms with Gasteiger partial charge in [-0.3, -0.25) is 0 Å². The first kappa shape index (κ1) is 11.2. The van der Waals surface area contributed by atoms with Gasteiger partial charge in [-0.2, -0.15) is 0 Å². The highest BCUT2D eigenvalue weighted by Gasteiger charge is 1.98. The smallest absolute Gasteiger partial charge is 0.149 e. The summed E-state index contributed by atoms with van der Waals surface area (Å²) >= 11 is 0. The number of methoxy groups -OCH3 is 1. The Kier molecular flexibility index (Phi) is 3.40. The lowest BCUT2D eigenvalue weighted by atomic mass is 10.3. The monoisotopic (exact) mass is 230 g/mol. The Morgan fingerprint density at radius 2 is 2.00 bits per heavy atom. The van der Waals surface area contributed by atoms with Crippen LogP contribution in [0.2, 0.25) is 0 Å². The van der Waals surface area contributed by atoms with Crippen molar-refractivity contribution in [2.45, 2.75) is 6.54 Å². The lowest BCUT2D eigenvalue weighted by molar-refractivity contribution is 0.415. The second-order valence-corrected chi connectivity index (χ2v) is 3.48. The number of nitrogens with zero attached hydrogens (tertiary/aromatic N) is 2. The van der Waals surface area contributed by atoms with Gasteiger partial charge in [0.05, 0.1) is 13.7 Å². The van der Waals surface area contributed by atoms with Gasteiger partial charge in [-0.25, -0.2) is 9.97 Å². The first-order valence-corrected chi connectivity index (χ1v) is 5.23. The largest absolute Gasteiger partial charge is 0.497 e. The third-order valence-electron chi connectivity index (χ3n) is 2.27. The summed E-state index contributed by atoms with van der Waals surface area (Å²) in [6, 6.07) is 9.32. The molecule has 0 amide bonds. The molecule has 17 heavy (non-hydrogen) atoms. The van der Waals surface area contributed by atoms with Gasteiger partial charge < -0.3 is 15.8 Å². The molecule has 0 aliphatic rings. The summed E-state index contributed by atoms with van der Waals surface area (Å²) in [6.45, 7) is 0.539. The number of rotatable bonds is 4. The van der Waals surface area contributed by atoms with E-state index in [1.807, 2.05) is 24.3 Å². The van der Waals surface area contributed by atoms with Crippen LogP contribution in [0.1, 0.15) is 5.82 Å². The highest BCUT2D eigenvalue weighted by molar-refractivity contribution is 5.46. The van der Waals surface area contributed by atoms with Crippen LogP contribution in [0.5, 0.6) is 5.75 Å². The summed E-state index contributed by atoms with van der Waals surface area (Å²) in [5.41, 5.74) is 6.55. The van der Waals surface area contributed by atoms with E-state index in [1.54, 1.807) is 19.4 Å². The molecular weight excluding hydrogens is 216 g/mol. The molecule has 2 rings (SSSR count). The van der Waals surface area contributed by atoms with Gasteiger partial charge >= 0.3 is 0 Å². The van der Waals surface area contributed by atoms with E-state index < -0.39 is 0 Å². The van der Waals surface area contributed by atoms with Crippen LogP contribution in [0.3, 0.4) is 0 Å². The van der Waals surface area contributed by atoms with Gasteiger partial charge in [-0.1, -0.05) is 0 Å². The highest BCUT2D eigenvalue weighted by Crippen LogP contribution is 2.15. The predicted octanol–water partition coefficient (Wildman–Crippen LogP) is 1.68. The van der Waals surface area contributed by atoms with Gasteiger partial charge in [0, 0.05) is 11.9 Å². The molecule has 0 aliphatic heterocycles. The number of aromatic nitrogens is 2. The van der Waals surface area contributed by atoms with E-state index in [0.717, 1.165) is 11.4 Å². The van der Waals surface area contributed by atoms with E-state index in [4.69, 9.17) is 10.5 Å². The molecule has 0 bridgehead atoms. The molecule has 0 saturated heterocycles. The number of ether oxygens (including phenoxy) is 1. The second-order valence-electron chi connectivity index (χ2n) is 3.48. The van der Waals surface area contributed by atoms with Crippen LogP contribution < -0.4 is 15.8 Å². The molecule has 5 nitrogen and oxygen atoms in total. The summed E-state index contributed by atoms with van der Waals surface area (Å²) < 4.78 is 5.08. The molecule has 0 unspecified atom stereocenters. The van der Waals surface area contributed by atoms with Crippen molar-refractivity contribution < 1.29 is 4.74 Å². The van der Waals surface area contributed by atoms with E-state index in [0.29, 0.717) is 18.2 Å². The normalized spacial score (nSPS) is 9.94. The first-order valence-electron chi connectivity index (χ1n) is 5.23. The number of hydrogen-bond acceptors (Lipinski definition) is 5. The molecule has 0 spiro atoms. The van der Waals surface area contributed by atoms with E-state index in [1.165, 1.54) is 0 Å². The molecule has 0 fully saturated rings. The summed E-state index contributed by atoms with van der Waals surface area (Å²) in [7, 11) is 1.64. The number of nitrogens with one attached hydrogen (secondary N) is 1. The molecule has 5 heteroatoms. The fourth-order valence-corrected chi connectivity index (χ4v) is 1.39. The first-order chi connectivity index (χ1) is 8.28. The summed E-state index contributed by atoms with van der Waals surface area (Å²) in [5, 5.41) is 3.20. The summed E-state index contributed by atoms with van der Waals surface area (Å²) in [5.74, 6) is 1.98. The lowest BCUT2D eigenvalue weighted by Gasteiger charge is -2.06. The van der Waals surface area contributed by atoms with Crippen LogP contribution in [-0.2, 0) is 6.54 Å². The number of hydrogen-bond donors (Lipinski definition) is 2. The maximum absolute atomic E-state index is 5.57. The Morgan fingerprint density at radius 1 is 1.24 bits per heavy atom. The Balaban J connectivity index is 1.97. The molecule has 1 aromatic carbocycles. The molecule has 0 aliphatic carbocycles. The van der Waals surface area contributed by atoms with Crippen LogP contribution in [0, 0.1) is 0 Å². The zero-order valence-electron chi connectivity index (χ0n) is 9.55. The van der Waals surface area contributed by atoms with Crippen molar-refractivity contribution in [3.8, 4) is 5.75 Å². The molecule has 0 radical (unpaired) electrons. The minimum atomic E-state index is 0.478. The zero-order valence-corrected chi connectivity index (χ0v) is 9.55. The molecule has 1 aromatic heterocycles. The standard InChI is InChI=1S/C12H14N4O/c1-17-10-4-2-9(3-5-10)15-8-12-14-7-6-11(13)16-12/h2-7,15H,8H2,1H3,(H2,13,14,16). The molecule has 88 valence electrons. The average Bonchev–Trinajstić information content (AvgIpc) is 2.37. The van der Waals surface area contributed by atoms with Crippen molar-refractivity contribution in [3.05, 3.63) is 42.4 Å². The third-order valence-corrected chi connectivity index (χ3v) is 2.27. The molecule has 3 N–H and O–H groups in total. The minimum Gasteiger partial charge on any atom is -0.497 e. The Labute approximate surface area is 99.7 Å². The van der Waals surface area contributed by atoms with Crippen LogP contribution in [0.25, 0.3) is 0 Å². The maximum atomic E-state index is 5.57. The topological polar surface area (TPSA) is 73.1 Å². The van der Waals surface area contributed by atoms with E-state index in [2.05, 4.69) is 15.3 Å². The van der Waals surface area contributed by atoms with Gasteiger partial charge in [-0.15, -0.1) is 0 Å². The number of nitrogens with two attached hydrogens (primary N) is 1. The maximum Gasteiger partial charge on any atom is 0.149 e. The fraction of sp³-hybridized carbons (Fsp3) is 0.167. The Bertz CT molecular complexity index is 484. The van der Waals surface area contributed by atoms with E-state index in [-0.39, 0.29) is 0 Å². The van der Waals surface area contributed by atoms with Crippen molar-refractivity contribution in [1.29, 1.82) is 0 Å². The third kappa shape index (κ3) is 3.07. The number of anilines is 2. The SMILES string of the molecule is COc1ccc(NCc2nccc(N)n2)cc1. The second kappa shape index (κ2) is 5.16. The molecule has 0 atom stereocenters. The number of benzene rings is 1. The summed E-state index contributed by atoms with van der Waals surface area (Å²) in [6.07, 6.45) is 1.65. The quantitative estimate of drug-likeness (QED) is 0.836. The lowest BCUT2D eigenvalue weighted by Crippen LogP contribution is -2.05. The van der Waals surface area contributed by atoms with Crippen LogP contribution in [0.15, 0.2) is 36.5 Å². The molecule has 1 heterocycles. The van der Waals surface area contributed by atoms with Crippen molar-refractivity contribution in [2.75, 3.05) is 18.2 Å². The molecular formula is C12H14N4O. The highest BCUT2D eigenvalue weighted by atomic mass is 16.5. The minimum absolute atomic E-state index is 0.478. The van der Waals surface area contributed by atoms with Crippen LogP contribution >= 0.6 is 0 Å². The van der Waals surface area contributed by atoms with Gasteiger partial charge in [0.25, 0.3) is 0 Å². The van der Waals surface area contributed by atoms with Crippen LogP contribution in [0.4, 0.5) is 11.5 Å². The average molecular weight is 230 g/mol. The van der Waals surface area contributed by atoms with Gasteiger partial charge in [0.2, 0.25) is 0 Å². The molecule has 0 saturated carbocycles. The Morgan fingerprint density at radius 3 is 2.65 bits per heavy atom. The van der Waals surface area contributed by atoms with Gasteiger partial charge in [0.15, 0.2) is 0 Å². The Hall–Kier alpha value is -2.30. The van der Waals surface area contributed by atoms with Crippen molar-refractivity contribution in [2.24, 2.45) is 0 Å². The van der Waals surface area contributed by atoms with Gasteiger partial charge in [0.1, 0.15) is 17.4 Å². The fourth-order valence-electron chi connectivity index (χ4n) is 1.39. The van der Waals surface area contributed by atoms with E-state index >= 15 is 0 Å². The van der Waals surface area contributed by atoms with Crippen LogP contribution in [-0.4, -0.2) is 17.1 Å². The van der Waals surface area contributed by atoms with Crippen molar-refractivity contribution >= 4 is 11.5 Å². The van der Waals surface area contributed by atoms with E-state index in [9.17, 15) is 0 Å². The number of nitrogen functional groups attached to an aromatic ring is 1. The van der Waals surface area contributed by atoms with Gasteiger partial charge in [-0.05, 0) is 30.3 Å². The van der Waals surface area contributed by atoms with Crippen molar-refractivity contribution in [1.82, 2.24) is 9.97 Å². The molecule has 2 aromatic rings. The van der Waals surface area contributed by atoms with Crippen molar-refractivity contribution in [3.63, 3.8) is 0 Å². The zero-order chi connectivity index (χ0) is 12.1. The predicted molar refractivity (Wildman–Crippen MR) is 66.8 cm³/mol. The summed E-state index contributed by atoms with van der Waals surface area (Å²) in [4.78, 5) is 8.21.